The minimum absolute atomic E-state index is 0.0918. The van der Waals surface area contributed by atoms with Crippen molar-refractivity contribution >= 4 is 11.8 Å². The molecule has 1 rings (SSSR count). The summed E-state index contributed by atoms with van der Waals surface area (Å²) >= 11 is 1.88. The predicted octanol–water partition coefficient (Wildman–Crippen LogP) is 3.29. The van der Waals surface area contributed by atoms with Crippen molar-refractivity contribution in [3.05, 3.63) is 35.6 Å². The standard InChI is InChI=1S/C15H25FN2S/c1-12(8-10-19-3)18(2)9-7-15(17)13-5-4-6-14(16)11-13/h4-6,11-12,15H,7-10,17H2,1-3H3. The molecule has 0 bridgehead atoms. The van der Waals surface area contributed by atoms with Gasteiger partial charge in [0.15, 0.2) is 0 Å². The van der Waals surface area contributed by atoms with Gasteiger partial charge in [-0.15, -0.1) is 0 Å². The van der Waals surface area contributed by atoms with E-state index in [1.54, 1.807) is 6.07 Å². The van der Waals surface area contributed by atoms with Gasteiger partial charge < -0.3 is 10.6 Å². The monoisotopic (exact) mass is 284 g/mol. The molecule has 0 fully saturated rings. The number of halogens is 1. The van der Waals surface area contributed by atoms with Gasteiger partial charge in [-0.1, -0.05) is 12.1 Å². The fourth-order valence-corrected chi connectivity index (χ4v) is 2.55. The Labute approximate surface area is 120 Å². The summed E-state index contributed by atoms with van der Waals surface area (Å²) in [7, 11) is 2.13. The lowest BCUT2D eigenvalue weighted by atomic mass is 10.0. The SMILES string of the molecule is CSCCC(C)N(C)CCC(N)c1cccc(F)c1. The average molecular weight is 284 g/mol. The lowest BCUT2D eigenvalue weighted by Gasteiger charge is -2.26. The molecule has 19 heavy (non-hydrogen) atoms. The third-order valence-corrected chi connectivity index (χ3v) is 4.21. The van der Waals surface area contributed by atoms with Gasteiger partial charge in [-0.05, 0) is 63.1 Å². The molecule has 0 saturated heterocycles. The Bertz CT molecular complexity index is 373. The van der Waals surface area contributed by atoms with Crippen molar-refractivity contribution < 1.29 is 4.39 Å². The Morgan fingerprint density at radius 1 is 1.37 bits per heavy atom. The van der Waals surface area contributed by atoms with Gasteiger partial charge in [0.2, 0.25) is 0 Å². The number of thioether (sulfide) groups is 1. The molecule has 0 aliphatic heterocycles. The topological polar surface area (TPSA) is 29.3 Å². The lowest BCUT2D eigenvalue weighted by Crippen LogP contribution is -2.32. The van der Waals surface area contributed by atoms with Gasteiger partial charge >= 0.3 is 0 Å². The molecule has 108 valence electrons. The second-order valence-corrected chi connectivity index (χ2v) is 6.05. The molecule has 0 heterocycles. The molecule has 0 spiro atoms. The van der Waals surface area contributed by atoms with Crippen LogP contribution in [-0.4, -0.2) is 36.5 Å². The van der Waals surface area contributed by atoms with Crippen LogP contribution in [0.3, 0.4) is 0 Å². The van der Waals surface area contributed by atoms with Crippen LogP contribution in [0.1, 0.15) is 31.4 Å². The van der Waals surface area contributed by atoms with Crippen LogP contribution >= 0.6 is 11.8 Å². The second-order valence-electron chi connectivity index (χ2n) is 5.06. The molecule has 0 aromatic heterocycles. The van der Waals surface area contributed by atoms with Gasteiger partial charge in [-0.2, -0.15) is 11.8 Å². The van der Waals surface area contributed by atoms with Crippen LogP contribution in [0.4, 0.5) is 4.39 Å². The first-order chi connectivity index (χ1) is 9.04. The summed E-state index contributed by atoms with van der Waals surface area (Å²) in [5.74, 6) is 0.969. The van der Waals surface area contributed by atoms with Crippen molar-refractivity contribution in [1.29, 1.82) is 0 Å². The van der Waals surface area contributed by atoms with Gasteiger partial charge in [-0.25, -0.2) is 4.39 Å². The molecule has 2 atom stereocenters. The summed E-state index contributed by atoms with van der Waals surface area (Å²) in [6.07, 6.45) is 4.17. The van der Waals surface area contributed by atoms with E-state index in [0.29, 0.717) is 6.04 Å². The highest BCUT2D eigenvalue weighted by Gasteiger charge is 2.12. The van der Waals surface area contributed by atoms with Gasteiger partial charge in [0.25, 0.3) is 0 Å². The molecule has 0 aliphatic carbocycles. The third kappa shape index (κ3) is 5.93. The second kappa shape index (κ2) is 8.56. The molecule has 4 heteroatoms. The number of benzene rings is 1. The van der Waals surface area contributed by atoms with Crippen molar-refractivity contribution in [3.63, 3.8) is 0 Å². The van der Waals surface area contributed by atoms with E-state index in [0.717, 1.165) is 18.5 Å². The van der Waals surface area contributed by atoms with Crippen molar-refractivity contribution in [2.24, 2.45) is 5.73 Å². The van der Waals surface area contributed by atoms with E-state index in [1.807, 2.05) is 17.8 Å². The highest BCUT2D eigenvalue weighted by atomic mass is 32.2. The van der Waals surface area contributed by atoms with Crippen LogP contribution in [0, 0.1) is 5.82 Å². The molecule has 2 unspecified atom stereocenters. The summed E-state index contributed by atoms with van der Waals surface area (Å²) in [5.41, 5.74) is 6.99. The van der Waals surface area contributed by atoms with Gasteiger partial charge in [0, 0.05) is 12.1 Å². The Morgan fingerprint density at radius 3 is 2.74 bits per heavy atom. The zero-order valence-electron chi connectivity index (χ0n) is 12.1. The summed E-state index contributed by atoms with van der Waals surface area (Å²) in [6.45, 7) is 3.18. The number of nitrogens with zero attached hydrogens (tertiary/aromatic N) is 1. The van der Waals surface area contributed by atoms with E-state index in [2.05, 4.69) is 25.1 Å². The van der Waals surface area contributed by atoms with Crippen molar-refractivity contribution in [1.82, 2.24) is 4.90 Å². The Hall–Kier alpha value is -0.580. The molecule has 0 aliphatic rings. The first kappa shape index (κ1) is 16.5. The van der Waals surface area contributed by atoms with E-state index in [9.17, 15) is 4.39 Å². The molecular formula is C15H25FN2S. The summed E-state index contributed by atoms with van der Waals surface area (Å²) in [4.78, 5) is 2.33. The Balaban J connectivity index is 2.39. The normalized spacial score (nSPS) is 14.6. The van der Waals surface area contributed by atoms with Gasteiger partial charge in [0.05, 0.1) is 0 Å². The fourth-order valence-electron chi connectivity index (χ4n) is 1.98. The van der Waals surface area contributed by atoms with Gasteiger partial charge in [0.1, 0.15) is 5.82 Å². The minimum atomic E-state index is -0.213. The zero-order valence-corrected chi connectivity index (χ0v) is 12.9. The van der Waals surface area contributed by atoms with E-state index >= 15 is 0 Å². The predicted molar refractivity (Wildman–Crippen MR) is 83.0 cm³/mol. The van der Waals surface area contributed by atoms with Crippen LogP contribution in [-0.2, 0) is 0 Å². The maximum atomic E-state index is 13.1. The quantitative estimate of drug-likeness (QED) is 0.794. The Morgan fingerprint density at radius 2 is 2.11 bits per heavy atom. The average Bonchev–Trinajstić information content (AvgIpc) is 2.41. The molecular weight excluding hydrogens is 259 g/mol. The molecule has 2 nitrogen and oxygen atoms in total. The lowest BCUT2D eigenvalue weighted by molar-refractivity contribution is 0.244. The number of nitrogens with two attached hydrogens (primary N) is 1. The first-order valence-electron chi connectivity index (χ1n) is 6.74. The molecule has 0 amide bonds. The van der Waals surface area contributed by atoms with Gasteiger partial charge in [-0.3, -0.25) is 0 Å². The highest BCUT2D eigenvalue weighted by Crippen LogP contribution is 2.16. The van der Waals surface area contributed by atoms with Crippen LogP contribution in [0.15, 0.2) is 24.3 Å². The summed E-state index contributed by atoms with van der Waals surface area (Å²) in [6, 6.07) is 7.06. The maximum absolute atomic E-state index is 13.1. The maximum Gasteiger partial charge on any atom is 0.123 e. The van der Waals surface area contributed by atoms with E-state index in [-0.39, 0.29) is 11.9 Å². The summed E-state index contributed by atoms with van der Waals surface area (Å²) in [5, 5.41) is 0. The Kier molecular flexibility index (Phi) is 7.42. The number of rotatable bonds is 8. The first-order valence-corrected chi connectivity index (χ1v) is 8.14. The van der Waals surface area contributed by atoms with Crippen LogP contribution in [0.2, 0.25) is 0 Å². The molecule has 1 aromatic carbocycles. The highest BCUT2D eigenvalue weighted by molar-refractivity contribution is 7.98. The third-order valence-electron chi connectivity index (χ3n) is 3.56. The molecule has 0 saturated carbocycles. The number of hydrogen-bond donors (Lipinski definition) is 1. The van der Waals surface area contributed by atoms with E-state index in [1.165, 1.54) is 24.3 Å². The smallest absolute Gasteiger partial charge is 0.123 e. The van der Waals surface area contributed by atoms with Crippen molar-refractivity contribution in [3.8, 4) is 0 Å². The number of hydrogen-bond acceptors (Lipinski definition) is 3. The minimum Gasteiger partial charge on any atom is -0.324 e. The van der Waals surface area contributed by atoms with E-state index < -0.39 is 0 Å². The van der Waals surface area contributed by atoms with Crippen LogP contribution in [0.5, 0.6) is 0 Å². The fraction of sp³-hybridized carbons (Fsp3) is 0.600. The van der Waals surface area contributed by atoms with Crippen molar-refractivity contribution in [2.45, 2.75) is 31.8 Å². The molecule has 2 N–H and O–H groups in total. The zero-order chi connectivity index (χ0) is 14.3. The molecule has 0 radical (unpaired) electrons. The summed E-state index contributed by atoms with van der Waals surface area (Å²) < 4.78 is 13.1. The van der Waals surface area contributed by atoms with E-state index in [4.69, 9.17) is 5.73 Å². The largest absolute Gasteiger partial charge is 0.324 e. The van der Waals surface area contributed by atoms with Crippen LogP contribution in [0.25, 0.3) is 0 Å². The molecule has 1 aromatic rings. The van der Waals surface area contributed by atoms with Crippen molar-refractivity contribution in [2.75, 3.05) is 25.6 Å². The van der Waals surface area contributed by atoms with Crippen LogP contribution < -0.4 is 5.73 Å².